The third-order valence-electron chi connectivity index (χ3n) is 4.83. The van der Waals surface area contributed by atoms with Crippen molar-refractivity contribution in [2.24, 2.45) is 0 Å². The largest absolute Gasteiger partial charge is 0.401 e. The molecule has 0 aliphatic rings. The molecule has 0 atom stereocenters. The van der Waals surface area contributed by atoms with Crippen molar-refractivity contribution < 1.29 is 36.1 Å². The maximum Gasteiger partial charge on any atom is 0.401 e. The second-order valence-electron chi connectivity index (χ2n) is 7.57. The third kappa shape index (κ3) is 20.1. The summed E-state index contributed by atoms with van der Waals surface area (Å²) in [6, 6.07) is 0. The van der Waals surface area contributed by atoms with Crippen LogP contribution < -0.4 is 0 Å². The Hall–Kier alpha value is -0.290. The molecular weight excluding hydrogens is 424 g/mol. The van der Waals surface area contributed by atoms with Crippen molar-refractivity contribution in [3.8, 4) is 0 Å². The monoisotopic (exact) mass is 470 g/mol. The van der Waals surface area contributed by atoms with E-state index in [9.17, 15) is 13.0 Å². The average Bonchev–Trinajstić information content (AvgIpc) is 2.71. The van der Waals surface area contributed by atoms with Gasteiger partial charge in [0.15, 0.2) is 0 Å². The molecule has 0 fully saturated rings. The maximum atomic E-state index is 11.4. The van der Waals surface area contributed by atoms with Crippen LogP contribution in [-0.4, -0.2) is 58.6 Å². The molecule has 0 aromatic heterocycles. The molecule has 0 aromatic rings. The molecule has 31 heavy (non-hydrogen) atoms. The van der Waals surface area contributed by atoms with Crippen molar-refractivity contribution >= 4 is 10.4 Å². The molecule has 0 rings (SSSR count). The van der Waals surface area contributed by atoms with Crippen LogP contribution in [0.2, 0.25) is 0 Å². The van der Waals surface area contributed by atoms with E-state index in [4.69, 9.17) is 23.1 Å². The van der Waals surface area contributed by atoms with Crippen LogP contribution in [0.4, 0.5) is 0 Å². The second kappa shape index (κ2) is 20.3. The van der Waals surface area contributed by atoms with Gasteiger partial charge in [0.1, 0.15) is 0 Å². The highest BCUT2D eigenvalue weighted by Crippen LogP contribution is 2.26. The highest BCUT2D eigenvalue weighted by atomic mass is 32.3. The highest BCUT2D eigenvalue weighted by Gasteiger charge is 2.38. The molecule has 0 bridgehead atoms. The number of hydrogen-bond donors (Lipinski definition) is 1. The van der Waals surface area contributed by atoms with Gasteiger partial charge in [-0.3, -0.25) is 4.55 Å². The van der Waals surface area contributed by atoms with Gasteiger partial charge in [0.2, 0.25) is 0 Å². The van der Waals surface area contributed by atoms with Gasteiger partial charge in [-0.25, -0.2) is 0 Å². The van der Waals surface area contributed by atoms with Crippen molar-refractivity contribution in [3.63, 3.8) is 0 Å². The van der Waals surface area contributed by atoms with Crippen LogP contribution in [0, 0.1) is 0 Å². The fourth-order valence-electron chi connectivity index (χ4n) is 3.24. The number of rotatable bonds is 24. The summed E-state index contributed by atoms with van der Waals surface area (Å²) in [4.78, 5) is 0. The zero-order valence-corrected chi connectivity index (χ0v) is 20.8. The molecule has 0 amide bonds. The zero-order valence-electron chi connectivity index (χ0n) is 19.9. The number of ether oxygens (including phenoxy) is 4. The third-order valence-corrected chi connectivity index (χ3v) is 5.29. The van der Waals surface area contributed by atoms with Crippen molar-refractivity contribution in [2.75, 3.05) is 39.6 Å². The van der Waals surface area contributed by atoms with E-state index in [2.05, 4.69) is 6.92 Å². The molecule has 0 aliphatic carbocycles. The van der Waals surface area contributed by atoms with Gasteiger partial charge >= 0.3 is 16.4 Å². The van der Waals surface area contributed by atoms with Gasteiger partial charge in [-0.1, -0.05) is 71.1 Å². The van der Waals surface area contributed by atoms with Crippen LogP contribution in [-0.2, 0) is 33.5 Å². The maximum absolute atomic E-state index is 11.4. The lowest BCUT2D eigenvalue weighted by molar-refractivity contribution is -0.351. The molecule has 0 aromatic carbocycles. The van der Waals surface area contributed by atoms with Crippen LogP contribution in [0.1, 0.15) is 97.8 Å². The van der Waals surface area contributed by atoms with Gasteiger partial charge in [0.25, 0.3) is 0 Å². The Bertz CT molecular complexity index is 472. The second-order valence-corrected chi connectivity index (χ2v) is 8.59. The van der Waals surface area contributed by atoms with Crippen molar-refractivity contribution in [3.05, 3.63) is 0 Å². The predicted octanol–water partition coefficient (Wildman–Crippen LogP) is 5.27. The van der Waals surface area contributed by atoms with Crippen LogP contribution in [0.3, 0.4) is 0 Å². The summed E-state index contributed by atoms with van der Waals surface area (Å²) in [5, 5.41) is 0. The van der Waals surface area contributed by atoms with Crippen LogP contribution in [0.25, 0.3) is 0 Å². The van der Waals surface area contributed by atoms with E-state index in [0.29, 0.717) is 19.6 Å². The molecule has 8 nitrogen and oxygen atoms in total. The first-order valence-electron chi connectivity index (χ1n) is 12.0. The first-order chi connectivity index (χ1) is 14.9. The van der Waals surface area contributed by atoms with E-state index in [1.165, 1.54) is 44.9 Å². The Labute approximate surface area is 190 Å². The first-order valence-corrected chi connectivity index (χ1v) is 13.4. The summed E-state index contributed by atoms with van der Waals surface area (Å²) in [6.07, 6.45) is 13.0. The number of unbranched alkanes of at least 4 members (excludes halogenated alkanes) is 10. The zero-order chi connectivity index (χ0) is 23.3. The minimum atomic E-state index is -4.76. The Morgan fingerprint density at radius 3 is 1.45 bits per heavy atom. The summed E-state index contributed by atoms with van der Waals surface area (Å²) in [5.74, 6) is -1.87. The lowest BCUT2D eigenvalue weighted by Gasteiger charge is -2.31. The van der Waals surface area contributed by atoms with Crippen molar-refractivity contribution in [2.45, 2.75) is 104 Å². The van der Waals surface area contributed by atoms with Gasteiger partial charge in [0, 0.05) is 19.6 Å². The lowest BCUT2D eigenvalue weighted by Crippen LogP contribution is -2.42. The molecule has 0 saturated heterocycles. The molecule has 0 aliphatic heterocycles. The Morgan fingerprint density at radius 2 is 1.06 bits per heavy atom. The molecule has 0 spiro atoms. The lowest BCUT2D eigenvalue weighted by atomic mass is 10.0. The van der Waals surface area contributed by atoms with E-state index in [-0.39, 0.29) is 32.8 Å². The summed E-state index contributed by atoms with van der Waals surface area (Å²) >= 11 is 0. The van der Waals surface area contributed by atoms with Crippen molar-refractivity contribution in [1.82, 2.24) is 0 Å². The SMILES string of the molecule is CCCCCCCCCCCCCC(OCCOCC)(OCCOCC)OS(=O)(=O)O. The van der Waals surface area contributed by atoms with Crippen LogP contribution in [0.5, 0.6) is 0 Å². The standard InChI is InChI=1S/C22H46O8S/c1-4-7-8-9-10-11-12-13-14-15-16-17-22(30-31(23,24)25,28-20-18-26-5-2)29-21-19-27-6-3/h4-21H2,1-3H3,(H,23,24,25). The quantitative estimate of drug-likeness (QED) is 0.116. The van der Waals surface area contributed by atoms with Gasteiger partial charge in [-0.2, -0.15) is 12.6 Å². The Kier molecular flexibility index (Phi) is 20.1. The minimum Gasteiger partial charge on any atom is -0.379 e. The number of hydrogen-bond acceptors (Lipinski definition) is 7. The molecular formula is C22H46O8S. The molecule has 188 valence electrons. The summed E-state index contributed by atoms with van der Waals surface area (Å²) in [7, 11) is -4.76. The predicted molar refractivity (Wildman–Crippen MR) is 121 cm³/mol. The summed E-state index contributed by atoms with van der Waals surface area (Å²) in [5.41, 5.74) is 0. The molecule has 0 saturated carbocycles. The topological polar surface area (TPSA) is 101 Å². The smallest absolute Gasteiger partial charge is 0.379 e. The fraction of sp³-hybridized carbons (Fsp3) is 1.00. The van der Waals surface area contributed by atoms with Gasteiger partial charge in [0.05, 0.1) is 26.4 Å². The molecule has 1 N–H and O–H groups in total. The van der Waals surface area contributed by atoms with Crippen LogP contribution >= 0.6 is 0 Å². The van der Waals surface area contributed by atoms with Crippen LogP contribution in [0.15, 0.2) is 0 Å². The molecule has 0 heterocycles. The average molecular weight is 471 g/mol. The van der Waals surface area contributed by atoms with Gasteiger partial charge < -0.3 is 18.9 Å². The van der Waals surface area contributed by atoms with E-state index in [1.807, 2.05) is 13.8 Å². The van der Waals surface area contributed by atoms with Crippen molar-refractivity contribution in [1.29, 1.82) is 0 Å². The highest BCUT2D eigenvalue weighted by molar-refractivity contribution is 7.80. The van der Waals surface area contributed by atoms with E-state index < -0.39 is 16.4 Å². The summed E-state index contributed by atoms with van der Waals surface area (Å²) < 4.78 is 58.7. The molecule has 0 unspecified atom stereocenters. The van der Waals surface area contributed by atoms with Gasteiger partial charge in [-0.15, -0.1) is 0 Å². The fourth-order valence-corrected chi connectivity index (χ4v) is 3.74. The Morgan fingerprint density at radius 1 is 0.645 bits per heavy atom. The Balaban J connectivity index is 4.47. The van der Waals surface area contributed by atoms with Gasteiger partial charge in [-0.05, 0) is 20.3 Å². The van der Waals surface area contributed by atoms with E-state index >= 15 is 0 Å². The minimum absolute atomic E-state index is 0.0794. The van der Waals surface area contributed by atoms with E-state index in [0.717, 1.165) is 19.3 Å². The summed E-state index contributed by atoms with van der Waals surface area (Å²) in [6.45, 7) is 7.65. The first kappa shape index (κ1) is 30.7. The normalized spacial score (nSPS) is 12.5. The van der Waals surface area contributed by atoms with E-state index in [1.54, 1.807) is 0 Å². The molecule has 9 heteroatoms. The molecule has 0 radical (unpaired) electrons.